The van der Waals surface area contributed by atoms with Crippen molar-refractivity contribution in [2.45, 2.75) is 26.2 Å². The Morgan fingerprint density at radius 3 is 2.54 bits per heavy atom. The van der Waals surface area contributed by atoms with Gasteiger partial charge < -0.3 is 4.74 Å². The van der Waals surface area contributed by atoms with Crippen LogP contribution in [0, 0.1) is 5.92 Å². The molecular weight excluding hydrogens is 397 g/mol. The van der Waals surface area contributed by atoms with Crippen LogP contribution in [0.3, 0.4) is 0 Å². The van der Waals surface area contributed by atoms with Crippen LogP contribution < -0.4 is 0 Å². The second kappa shape index (κ2) is 7.61. The summed E-state index contributed by atoms with van der Waals surface area (Å²) in [6.45, 7) is 2.15. The summed E-state index contributed by atoms with van der Waals surface area (Å²) >= 11 is 12.2. The fourth-order valence-electron chi connectivity index (χ4n) is 3.94. The van der Waals surface area contributed by atoms with Crippen molar-refractivity contribution in [1.82, 2.24) is 4.57 Å². The minimum Gasteiger partial charge on any atom is -0.466 e. The van der Waals surface area contributed by atoms with Crippen molar-refractivity contribution in [2.24, 2.45) is 5.92 Å². The van der Waals surface area contributed by atoms with Gasteiger partial charge in [0.15, 0.2) is 0 Å². The van der Waals surface area contributed by atoms with Gasteiger partial charge in [-0.2, -0.15) is 0 Å². The van der Waals surface area contributed by atoms with Crippen LogP contribution in [0.5, 0.6) is 0 Å². The first-order valence-corrected chi connectivity index (χ1v) is 10.0. The van der Waals surface area contributed by atoms with E-state index in [1.165, 1.54) is 0 Å². The highest BCUT2D eigenvalue weighted by Gasteiger charge is 2.32. The molecule has 0 saturated carbocycles. The molecule has 0 radical (unpaired) electrons. The summed E-state index contributed by atoms with van der Waals surface area (Å²) in [6.07, 6.45) is 1.88. The number of ether oxygens (including phenoxy) is 1. The lowest BCUT2D eigenvalue weighted by Gasteiger charge is -2.22. The van der Waals surface area contributed by atoms with E-state index in [1.807, 2.05) is 12.1 Å². The van der Waals surface area contributed by atoms with Crippen molar-refractivity contribution in [3.8, 4) is 0 Å². The molecular formula is C22H19Cl2NO3. The van der Waals surface area contributed by atoms with Crippen molar-refractivity contribution in [3.63, 3.8) is 0 Å². The van der Waals surface area contributed by atoms with Gasteiger partial charge in [-0.05, 0) is 67.8 Å². The average Bonchev–Trinajstić information content (AvgIpc) is 3.01. The molecule has 28 heavy (non-hydrogen) atoms. The van der Waals surface area contributed by atoms with E-state index in [2.05, 4.69) is 0 Å². The van der Waals surface area contributed by atoms with Gasteiger partial charge in [0.25, 0.3) is 5.91 Å². The Balaban J connectivity index is 1.85. The predicted octanol–water partition coefficient (Wildman–Crippen LogP) is 5.30. The topological polar surface area (TPSA) is 48.3 Å². The summed E-state index contributed by atoms with van der Waals surface area (Å²) in [5.41, 5.74) is 3.29. The van der Waals surface area contributed by atoms with E-state index < -0.39 is 0 Å². The lowest BCUT2D eigenvalue weighted by molar-refractivity contribution is -0.148. The first-order chi connectivity index (χ1) is 13.5. The van der Waals surface area contributed by atoms with Gasteiger partial charge in [-0.25, -0.2) is 0 Å². The minimum atomic E-state index is -0.246. The lowest BCUT2D eigenvalue weighted by atomic mass is 9.86. The molecule has 4 nitrogen and oxygen atoms in total. The van der Waals surface area contributed by atoms with Crippen molar-refractivity contribution >= 4 is 46.0 Å². The molecule has 1 aliphatic rings. The number of aryl methyl sites for hydroxylation is 1. The molecule has 1 atom stereocenters. The summed E-state index contributed by atoms with van der Waals surface area (Å²) in [5.74, 6) is -0.597. The molecule has 144 valence electrons. The number of hydrogen-bond acceptors (Lipinski definition) is 3. The molecule has 0 saturated heterocycles. The van der Waals surface area contributed by atoms with Crippen LogP contribution in [0.1, 0.15) is 35.0 Å². The smallest absolute Gasteiger partial charge is 0.309 e. The van der Waals surface area contributed by atoms with Gasteiger partial charge in [0.05, 0.1) is 18.0 Å². The van der Waals surface area contributed by atoms with Gasteiger partial charge in [0.1, 0.15) is 0 Å². The summed E-state index contributed by atoms with van der Waals surface area (Å²) in [4.78, 5) is 25.7. The largest absolute Gasteiger partial charge is 0.466 e. The van der Waals surface area contributed by atoms with Crippen LogP contribution in [-0.2, 0) is 22.4 Å². The molecule has 0 N–H and O–H groups in total. The Bertz CT molecular complexity index is 1070. The quantitative estimate of drug-likeness (QED) is 0.544. The highest BCUT2D eigenvalue weighted by molar-refractivity contribution is 6.31. The summed E-state index contributed by atoms with van der Waals surface area (Å²) in [5, 5.41) is 2.16. The molecule has 0 fully saturated rings. The van der Waals surface area contributed by atoms with Gasteiger partial charge in [0, 0.05) is 33.1 Å². The third-order valence-corrected chi connectivity index (χ3v) is 5.73. The van der Waals surface area contributed by atoms with Gasteiger partial charge in [-0.15, -0.1) is 0 Å². The van der Waals surface area contributed by atoms with Crippen LogP contribution in [0.2, 0.25) is 10.0 Å². The average molecular weight is 416 g/mol. The Hall–Kier alpha value is -2.30. The Labute approximate surface area is 173 Å². The van der Waals surface area contributed by atoms with Crippen molar-refractivity contribution in [1.29, 1.82) is 0 Å². The lowest BCUT2D eigenvalue weighted by Crippen LogP contribution is -2.27. The molecule has 1 heterocycles. The molecule has 1 aromatic heterocycles. The number of esters is 1. The first kappa shape index (κ1) is 19.0. The molecule has 0 spiro atoms. The molecule has 0 amide bonds. The zero-order valence-electron chi connectivity index (χ0n) is 15.4. The van der Waals surface area contributed by atoms with Gasteiger partial charge in [-0.1, -0.05) is 23.2 Å². The molecule has 3 aromatic rings. The van der Waals surface area contributed by atoms with Crippen LogP contribution >= 0.6 is 23.2 Å². The van der Waals surface area contributed by atoms with Crippen molar-refractivity contribution < 1.29 is 14.3 Å². The highest BCUT2D eigenvalue weighted by atomic mass is 35.5. The van der Waals surface area contributed by atoms with E-state index in [0.29, 0.717) is 41.5 Å². The van der Waals surface area contributed by atoms with E-state index in [-0.39, 0.29) is 17.8 Å². The fraction of sp³-hybridized carbons (Fsp3) is 0.273. The third-order valence-electron chi connectivity index (χ3n) is 5.24. The number of rotatable bonds is 3. The van der Waals surface area contributed by atoms with Crippen LogP contribution in [0.15, 0.2) is 42.5 Å². The fourth-order valence-corrected chi connectivity index (χ4v) is 4.24. The summed E-state index contributed by atoms with van der Waals surface area (Å²) in [7, 11) is 0. The summed E-state index contributed by atoms with van der Waals surface area (Å²) in [6, 6.07) is 12.4. The van der Waals surface area contributed by atoms with E-state index in [4.69, 9.17) is 27.9 Å². The van der Waals surface area contributed by atoms with Crippen molar-refractivity contribution in [2.75, 3.05) is 6.61 Å². The van der Waals surface area contributed by atoms with Gasteiger partial charge in [-0.3, -0.25) is 14.2 Å². The maximum Gasteiger partial charge on any atom is 0.309 e. The number of carbonyl (C=O) groups excluding carboxylic acids is 2. The Morgan fingerprint density at radius 1 is 1.11 bits per heavy atom. The molecule has 0 bridgehead atoms. The molecule has 6 heteroatoms. The van der Waals surface area contributed by atoms with E-state index in [1.54, 1.807) is 41.8 Å². The SMILES string of the molecule is CCOC(=O)C1CCc2c(n(C(=O)c3ccc(Cl)cc3)c3ccc(Cl)cc23)C1. The number of halogens is 2. The second-order valence-corrected chi connectivity index (χ2v) is 7.80. The Kier molecular flexibility index (Phi) is 5.17. The standard InChI is InChI=1S/C22H19Cl2NO3/c1-2-28-22(27)14-5-9-17-18-12-16(24)8-10-19(18)25(20(17)11-14)21(26)13-3-6-15(23)7-4-13/h3-4,6-8,10,12,14H,2,5,9,11H2,1H3. The zero-order valence-corrected chi connectivity index (χ0v) is 16.9. The number of hydrogen-bond donors (Lipinski definition) is 0. The number of fused-ring (bicyclic) bond motifs is 3. The minimum absolute atomic E-state index is 0.144. The predicted molar refractivity (Wildman–Crippen MR) is 110 cm³/mol. The summed E-state index contributed by atoms with van der Waals surface area (Å²) < 4.78 is 6.94. The Morgan fingerprint density at radius 2 is 1.82 bits per heavy atom. The van der Waals surface area contributed by atoms with Crippen LogP contribution in [0.4, 0.5) is 0 Å². The van der Waals surface area contributed by atoms with Crippen LogP contribution in [0.25, 0.3) is 10.9 Å². The molecule has 0 aliphatic heterocycles. The van der Waals surface area contributed by atoms with Gasteiger partial charge >= 0.3 is 5.97 Å². The van der Waals surface area contributed by atoms with E-state index in [9.17, 15) is 9.59 Å². The van der Waals surface area contributed by atoms with Crippen LogP contribution in [-0.4, -0.2) is 23.1 Å². The van der Waals surface area contributed by atoms with Crippen molar-refractivity contribution in [3.05, 3.63) is 69.3 Å². The number of carbonyl (C=O) groups is 2. The van der Waals surface area contributed by atoms with E-state index in [0.717, 1.165) is 22.2 Å². The first-order valence-electron chi connectivity index (χ1n) is 9.28. The third kappa shape index (κ3) is 3.31. The van der Waals surface area contributed by atoms with E-state index >= 15 is 0 Å². The monoisotopic (exact) mass is 415 g/mol. The van der Waals surface area contributed by atoms with Gasteiger partial charge in [0.2, 0.25) is 0 Å². The highest BCUT2D eigenvalue weighted by Crippen LogP contribution is 2.36. The molecule has 1 aliphatic carbocycles. The zero-order chi connectivity index (χ0) is 19.8. The molecule has 2 aromatic carbocycles. The second-order valence-electron chi connectivity index (χ2n) is 6.93. The normalized spacial score (nSPS) is 16.0. The molecule has 1 unspecified atom stereocenters. The maximum absolute atomic E-state index is 13.4. The number of nitrogens with zero attached hydrogens (tertiary/aromatic N) is 1. The molecule has 4 rings (SSSR count). The number of aromatic nitrogens is 1. The maximum atomic E-state index is 13.4. The number of benzene rings is 2.